The molecule has 0 bridgehead atoms. The van der Waals surface area contributed by atoms with Crippen LogP contribution in [-0.4, -0.2) is 54.4 Å². The Hall–Kier alpha value is -2.98. The summed E-state index contributed by atoms with van der Waals surface area (Å²) in [5, 5.41) is 13.3. The first-order valence-electron chi connectivity index (χ1n) is 14.7. The van der Waals surface area contributed by atoms with Crippen molar-refractivity contribution in [3.8, 4) is 11.5 Å². The monoisotopic (exact) mass is 668 g/mol. The molecule has 1 saturated carbocycles. The SMILES string of the molecule is CC(C)(C)c1ccc(O[C@@H](Cc2ccc(OCCNC3C4CN(Cc5ccc(C(F)(F)F)cc5)C[C@@H]43)cc2)C(=O)O)cc1.Cl.Cl. The number of piperidine rings is 1. The Labute approximate surface area is 275 Å². The van der Waals surface area contributed by atoms with Gasteiger partial charge in [-0.3, -0.25) is 4.90 Å². The minimum absolute atomic E-state index is 0. The topological polar surface area (TPSA) is 71.0 Å². The molecule has 2 unspecified atom stereocenters. The second-order valence-electron chi connectivity index (χ2n) is 12.6. The average molecular weight is 670 g/mol. The zero-order chi connectivity index (χ0) is 30.8. The van der Waals surface area contributed by atoms with Crippen molar-refractivity contribution in [2.24, 2.45) is 11.8 Å². The van der Waals surface area contributed by atoms with E-state index in [1.54, 1.807) is 12.1 Å². The molecule has 1 aliphatic heterocycles. The molecule has 6 nitrogen and oxygen atoms in total. The molecule has 2 aliphatic rings. The van der Waals surface area contributed by atoms with Crippen LogP contribution in [0, 0.1) is 11.8 Å². The zero-order valence-electron chi connectivity index (χ0n) is 25.5. The van der Waals surface area contributed by atoms with E-state index in [1.165, 1.54) is 0 Å². The number of nitrogens with one attached hydrogen (secondary N) is 1. The normalized spacial score (nSPS) is 19.9. The Bertz CT molecular complexity index is 1370. The van der Waals surface area contributed by atoms with Gasteiger partial charge in [-0.05, 0) is 70.3 Å². The van der Waals surface area contributed by atoms with E-state index in [9.17, 15) is 23.1 Å². The first-order valence-corrected chi connectivity index (χ1v) is 14.7. The van der Waals surface area contributed by atoms with Gasteiger partial charge in [0.25, 0.3) is 0 Å². The number of carboxylic acid groups (broad SMARTS) is 1. The van der Waals surface area contributed by atoms with Gasteiger partial charge >= 0.3 is 12.1 Å². The highest BCUT2D eigenvalue weighted by molar-refractivity contribution is 5.85. The molecule has 4 atom stereocenters. The molecule has 1 heterocycles. The number of hydrogen-bond acceptors (Lipinski definition) is 5. The number of carboxylic acids is 1. The summed E-state index contributed by atoms with van der Waals surface area (Å²) in [5.74, 6) is 1.36. The highest BCUT2D eigenvalue weighted by Gasteiger charge is 2.55. The summed E-state index contributed by atoms with van der Waals surface area (Å²) in [6.07, 6.45) is -5.07. The highest BCUT2D eigenvalue weighted by Crippen LogP contribution is 2.45. The Morgan fingerprint density at radius 1 is 0.867 bits per heavy atom. The van der Waals surface area contributed by atoms with Crippen molar-refractivity contribution < 1.29 is 32.5 Å². The Kier molecular flexibility index (Phi) is 12.2. The van der Waals surface area contributed by atoms with Gasteiger partial charge in [-0.2, -0.15) is 13.2 Å². The van der Waals surface area contributed by atoms with Crippen LogP contribution >= 0.6 is 24.8 Å². The number of carbonyl (C=O) groups is 1. The van der Waals surface area contributed by atoms with Gasteiger partial charge in [0.1, 0.15) is 18.1 Å². The van der Waals surface area contributed by atoms with E-state index in [0.29, 0.717) is 43.3 Å². The fourth-order valence-corrected chi connectivity index (χ4v) is 5.81. The predicted octanol–water partition coefficient (Wildman–Crippen LogP) is 7.02. The lowest BCUT2D eigenvalue weighted by molar-refractivity contribution is -0.145. The average Bonchev–Trinajstić information content (AvgIpc) is 3.40. The van der Waals surface area contributed by atoms with Gasteiger partial charge in [-0.1, -0.05) is 57.2 Å². The number of halogens is 5. The molecule has 11 heteroatoms. The molecular formula is C34H41Cl2F3N2O4. The van der Waals surface area contributed by atoms with Crippen molar-refractivity contribution >= 4 is 30.8 Å². The molecule has 2 N–H and O–H groups in total. The second-order valence-corrected chi connectivity index (χ2v) is 12.6. The van der Waals surface area contributed by atoms with E-state index in [1.807, 2.05) is 48.5 Å². The lowest BCUT2D eigenvalue weighted by atomic mass is 9.87. The van der Waals surface area contributed by atoms with Crippen molar-refractivity contribution in [2.45, 2.75) is 57.5 Å². The summed E-state index contributed by atoms with van der Waals surface area (Å²) in [6.45, 7) is 10.1. The number of aliphatic carboxylic acids is 1. The fourth-order valence-electron chi connectivity index (χ4n) is 5.81. The Morgan fingerprint density at radius 2 is 1.40 bits per heavy atom. The molecule has 3 aromatic rings. The summed E-state index contributed by atoms with van der Waals surface area (Å²) < 4.78 is 50.0. The lowest BCUT2D eigenvalue weighted by Crippen LogP contribution is -2.33. The van der Waals surface area contributed by atoms with Crippen molar-refractivity contribution in [3.63, 3.8) is 0 Å². The molecule has 2 fully saturated rings. The molecule has 5 rings (SSSR count). The maximum atomic E-state index is 12.8. The Morgan fingerprint density at radius 3 is 1.93 bits per heavy atom. The third-order valence-corrected chi connectivity index (χ3v) is 8.33. The van der Waals surface area contributed by atoms with Crippen LogP contribution in [0.4, 0.5) is 13.2 Å². The van der Waals surface area contributed by atoms with Crippen LogP contribution in [0.25, 0.3) is 0 Å². The second kappa shape index (κ2) is 15.1. The fraction of sp³-hybridized carbons (Fsp3) is 0.441. The van der Waals surface area contributed by atoms with Crippen LogP contribution < -0.4 is 14.8 Å². The van der Waals surface area contributed by atoms with Gasteiger partial charge in [0.05, 0.1) is 5.56 Å². The lowest BCUT2D eigenvalue weighted by Gasteiger charge is -2.20. The maximum Gasteiger partial charge on any atom is 0.416 e. The van der Waals surface area contributed by atoms with Gasteiger partial charge < -0.3 is 19.9 Å². The van der Waals surface area contributed by atoms with Crippen LogP contribution in [0.5, 0.6) is 11.5 Å². The quantitative estimate of drug-likeness (QED) is 0.202. The summed E-state index contributed by atoms with van der Waals surface area (Å²) in [7, 11) is 0. The molecule has 45 heavy (non-hydrogen) atoms. The predicted molar refractivity (Wildman–Crippen MR) is 173 cm³/mol. The van der Waals surface area contributed by atoms with Gasteiger partial charge in [-0.25, -0.2) is 4.79 Å². The molecular weight excluding hydrogens is 628 g/mol. The third-order valence-electron chi connectivity index (χ3n) is 8.33. The van der Waals surface area contributed by atoms with Crippen molar-refractivity contribution in [1.29, 1.82) is 0 Å². The molecule has 0 spiro atoms. The van der Waals surface area contributed by atoms with Gasteiger partial charge in [0.15, 0.2) is 6.10 Å². The number of rotatable bonds is 12. The third kappa shape index (κ3) is 9.75. The number of nitrogens with zero attached hydrogens (tertiary/aromatic N) is 1. The van der Waals surface area contributed by atoms with Gasteiger partial charge in [-0.15, -0.1) is 24.8 Å². The smallest absolute Gasteiger partial charge is 0.416 e. The minimum Gasteiger partial charge on any atom is -0.492 e. The summed E-state index contributed by atoms with van der Waals surface area (Å²) in [5.41, 5.74) is 2.29. The van der Waals surface area contributed by atoms with Gasteiger partial charge in [0.2, 0.25) is 0 Å². The number of alkyl halides is 3. The largest absolute Gasteiger partial charge is 0.492 e. The molecule has 0 aromatic heterocycles. The van der Waals surface area contributed by atoms with Crippen LogP contribution in [0.2, 0.25) is 0 Å². The number of ether oxygens (including phenoxy) is 2. The first kappa shape index (κ1) is 36.5. The van der Waals surface area contributed by atoms with E-state index in [0.717, 1.165) is 47.7 Å². The van der Waals surface area contributed by atoms with E-state index in [2.05, 4.69) is 31.0 Å². The van der Waals surface area contributed by atoms with E-state index in [-0.39, 0.29) is 36.6 Å². The summed E-state index contributed by atoms with van der Waals surface area (Å²) in [4.78, 5) is 14.2. The molecule has 0 radical (unpaired) electrons. The van der Waals surface area contributed by atoms with E-state index >= 15 is 0 Å². The van der Waals surface area contributed by atoms with E-state index < -0.39 is 23.8 Å². The first-order chi connectivity index (χ1) is 20.4. The van der Waals surface area contributed by atoms with Crippen LogP contribution in [0.15, 0.2) is 72.8 Å². The van der Waals surface area contributed by atoms with Crippen molar-refractivity contribution in [2.75, 3.05) is 26.2 Å². The van der Waals surface area contributed by atoms with Gasteiger partial charge in [0, 0.05) is 38.6 Å². The molecule has 246 valence electrons. The van der Waals surface area contributed by atoms with Crippen LogP contribution in [0.3, 0.4) is 0 Å². The molecule has 3 aromatic carbocycles. The Balaban J connectivity index is 0.00000276. The zero-order valence-corrected chi connectivity index (χ0v) is 27.2. The molecule has 1 saturated heterocycles. The highest BCUT2D eigenvalue weighted by atomic mass is 35.5. The maximum absolute atomic E-state index is 12.8. The molecule has 0 amide bonds. The summed E-state index contributed by atoms with van der Waals surface area (Å²) in [6, 6.07) is 20.9. The summed E-state index contributed by atoms with van der Waals surface area (Å²) >= 11 is 0. The van der Waals surface area contributed by atoms with Crippen LogP contribution in [0.1, 0.15) is 43.0 Å². The molecule has 1 aliphatic carbocycles. The number of likely N-dealkylation sites (tertiary alicyclic amines) is 1. The number of hydrogen-bond donors (Lipinski definition) is 2. The standard InChI is InChI=1S/C34H39F3N2O4.2ClH/c1-33(2,3)24-10-14-27(15-11-24)43-30(32(40)41)18-22-6-12-26(13-7-22)42-17-16-38-31-28-20-39(21-29(28)31)19-23-4-8-25(9-5-23)34(35,36)37;;/h4-15,28-31,38H,16-21H2,1-3H3,(H,40,41);2*1H/t28-,29?,30-,31?;;/m0../s1. The van der Waals surface area contributed by atoms with Crippen molar-refractivity contribution in [3.05, 3.63) is 95.1 Å². The number of benzene rings is 3. The minimum atomic E-state index is -4.30. The van der Waals surface area contributed by atoms with E-state index in [4.69, 9.17) is 9.47 Å². The van der Waals surface area contributed by atoms with Crippen LogP contribution in [-0.2, 0) is 29.4 Å². The number of fused-ring (bicyclic) bond motifs is 1. The van der Waals surface area contributed by atoms with Crippen molar-refractivity contribution in [1.82, 2.24) is 10.2 Å².